The van der Waals surface area contributed by atoms with Crippen molar-refractivity contribution in [3.05, 3.63) is 29.8 Å². The Hall–Kier alpha value is -0.870. The molecule has 1 aromatic carbocycles. The third-order valence-corrected chi connectivity index (χ3v) is 4.33. The Kier molecular flexibility index (Phi) is 10.4. The van der Waals surface area contributed by atoms with Crippen molar-refractivity contribution in [1.29, 1.82) is 0 Å². The average Bonchev–Trinajstić information content (AvgIpc) is 2.50. The molecule has 0 atom stereocenters. The molecule has 0 saturated carbocycles. The fourth-order valence-corrected chi connectivity index (χ4v) is 2.54. The summed E-state index contributed by atoms with van der Waals surface area (Å²) in [4.78, 5) is 4.74. The van der Waals surface area contributed by atoms with Gasteiger partial charge in [0, 0.05) is 13.1 Å². The summed E-state index contributed by atoms with van der Waals surface area (Å²) in [6, 6.07) is 6.80. The zero-order valence-corrected chi connectivity index (χ0v) is 17.2. The predicted octanol–water partition coefficient (Wildman–Crippen LogP) is 1.92. The standard InChI is InChI=1S/C15H26N4O2S.HI/c1-5-17-15(18-10-12(2)3)19-11-13-7-6-8-14(9-13)22(20,21)16-4;/h6-9,12,16H,5,10-11H2,1-4H3,(H2,17,18,19);1H. The first kappa shape index (κ1) is 22.1. The summed E-state index contributed by atoms with van der Waals surface area (Å²) in [5, 5.41) is 6.43. The molecule has 0 amide bonds. The van der Waals surface area contributed by atoms with Gasteiger partial charge in [-0.3, -0.25) is 0 Å². The monoisotopic (exact) mass is 454 g/mol. The number of nitrogens with one attached hydrogen (secondary N) is 3. The van der Waals surface area contributed by atoms with Crippen molar-refractivity contribution in [2.75, 3.05) is 20.1 Å². The molecule has 23 heavy (non-hydrogen) atoms. The van der Waals surface area contributed by atoms with Crippen molar-refractivity contribution >= 4 is 40.0 Å². The van der Waals surface area contributed by atoms with Crippen LogP contribution in [0.2, 0.25) is 0 Å². The molecule has 0 aliphatic rings. The lowest BCUT2D eigenvalue weighted by molar-refractivity contribution is 0.588. The van der Waals surface area contributed by atoms with Crippen LogP contribution in [0, 0.1) is 5.92 Å². The maximum absolute atomic E-state index is 11.8. The molecule has 0 radical (unpaired) electrons. The molecule has 3 N–H and O–H groups in total. The number of hydrogen-bond donors (Lipinski definition) is 3. The number of guanidine groups is 1. The largest absolute Gasteiger partial charge is 0.357 e. The molecular weight excluding hydrogens is 427 g/mol. The minimum absolute atomic E-state index is 0. The number of hydrogen-bond acceptors (Lipinski definition) is 3. The third kappa shape index (κ3) is 7.98. The normalized spacial score (nSPS) is 12.0. The van der Waals surface area contributed by atoms with Crippen LogP contribution in [0.4, 0.5) is 0 Å². The van der Waals surface area contributed by atoms with Crippen LogP contribution in [0.15, 0.2) is 34.2 Å². The van der Waals surface area contributed by atoms with Crippen molar-refractivity contribution in [3.8, 4) is 0 Å². The summed E-state index contributed by atoms with van der Waals surface area (Å²) in [6.07, 6.45) is 0. The van der Waals surface area contributed by atoms with E-state index in [1.165, 1.54) is 7.05 Å². The number of benzene rings is 1. The van der Waals surface area contributed by atoms with Crippen LogP contribution in [-0.2, 0) is 16.6 Å². The van der Waals surface area contributed by atoms with Gasteiger partial charge in [0.1, 0.15) is 0 Å². The molecule has 1 rings (SSSR count). The topological polar surface area (TPSA) is 82.6 Å². The Labute approximate surface area is 156 Å². The van der Waals surface area contributed by atoms with Crippen molar-refractivity contribution < 1.29 is 8.42 Å². The Morgan fingerprint density at radius 3 is 2.52 bits per heavy atom. The van der Waals surface area contributed by atoms with E-state index in [4.69, 9.17) is 0 Å². The first-order chi connectivity index (χ1) is 10.4. The van der Waals surface area contributed by atoms with E-state index in [0.717, 1.165) is 24.6 Å². The molecule has 0 heterocycles. The molecule has 0 bridgehead atoms. The zero-order chi connectivity index (χ0) is 16.6. The van der Waals surface area contributed by atoms with Gasteiger partial charge in [-0.2, -0.15) is 0 Å². The number of rotatable bonds is 7. The number of sulfonamides is 1. The van der Waals surface area contributed by atoms with E-state index in [-0.39, 0.29) is 28.9 Å². The Bertz CT molecular complexity index is 603. The van der Waals surface area contributed by atoms with Crippen LogP contribution in [0.5, 0.6) is 0 Å². The minimum Gasteiger partial charge on any atom is -0.357 e. The highest BCUT2D eigenvalue weighted by Crippen LogP contribution is 2.11. The SMILES string of the molecule is CCNC(=NCc1cccc(S(=O)(=O)NC)c1)NCC(C)C.I. The van der Waals surface area contributed by atoms with E-state index in [1.807, 2.05) is 13.0 Å². The average molecular weight is 454 g/mol. The van der Waals surface area contributed by atoms with Gasteiger partial charge < -0.3 is 10.6 Å². The van der Waals surface area contributed by atoms with Gasteiger partial charge in [0.05, 0.1) is 11.4 Å². The van der Waals surface area contributed by atoms with E-state index in [2.05, 4.69) is 34.2 Å². The molecule has 8 heteroatoms. The second-order valence-corrected chi connectivity index (χ2v) is 7.21. The summed E-state index contributed by atoms with van der Waals surface area (Å²) < 4.78 is 25.9. The van der Waals surface area contributed by atoms with Crippen LogP contribution >= 0.6 is 24.0 Å². The number of nitrogens with zero attached hydrogens (tertiary/aromatic N) is 1. The Morgan fingerprint density at radius 2 is 1.96 bits per heavy atom. The van der Waals surface area contributed by atoms with Crippen LogP contribution in [0.25, 0.3) is 0 Å². The van der Waals surface area contributed by atoms with Gasteiger partial charge in [-0.25, -0.2) is 18.1 Å². The fraction of sp³-hybridized carbons (Fsp3) is 0.533. The van der Waals surface area contributed by atoms with Gasteiger partial charge in [-0.15, -0.1) is 24.0 Å². The lowest BCUT2D eigenvalue weighted by Crippen LogP contribution is -2.39. The predicted molar refractivity (Wildman–Crippen MR) is 106 cm³/mol. The summed E-state index contributed by atoms with van der Waals surface area (Å²) >= 11 is 0. The van der Waals surface area contributed by atoms with Gasteiger partial charge in [-0.05, 0) is 37.6 Å². The molecule has 132 valence electrons. The molecule has 0 spiro atoms. The summed E-state index contributed by atoms with van der Waals surface area (Å²) in [5.41, 5.74) is 0.845. The molecule has 0 saturated heterocycles. The van der Waals surface area contributed by atoms with E-state index in [0.29, 0.717) is 12.5 Å². The fourth-order valence-electron chi connectivity index (χ4n) is 1.74. The van der Waals surface area contributed by atoms with Crippen molar-refractivity contribution in [3.63, 3.8) is 0 Å². The van der Waals surface area contributed by atoms with Gasteiger partial charge in [0.25, 0.3) is 0 Å². The van der Waals surface area contributed by atoms with E-state index >= 15 is 0 Å². The zero-order valence-electron chi connectivity index (χ0n) is 14.1. The molecule has 6 nitrogen and oxygen atoms in total. The molecule has 0 fully saturated rings. The van der Waals surface area contributed by atoms with Gasteiger partial charge in [0.15, 0.2) is 5.96 Å². The van der Waals surface area contributed by atoms with E-state index in [1.54, 1.807) is 18.2 Å². The summed E-state index contributed by atoms with van der Waals surface area (Å²) in [5.74, 6) is 1.26. The molecule has 0 aromatic heterocycles. The highest BCUT2D eigenvalue weighted by atomic mass is 127. The lowest BCUT2D eigenvalue weighted by Gasteiger charge is -2.13. The molecular formula is C15H27IN4O2S. The van der Waals surface area contributed by atoms with Crippen LogP contribution in [-0.4, -0.2) is 34.5 Å². The van der Waals surface area contributed by atoms with Crippen LogP contribution in [0.1, 0.15) is 26.3 Å². The summed E-state index contributed by atoms with van der Waals surface area (Å²) in [6.45, 7) is 8.29. The third-order valence-electron chi connectivity index (χ3n) is 2.92. The van der Waals surface area contributed by atoms with Crippen molar-refractivity contribution in [2.45, 2.75) is 32.2 Å². The van der Waals surface area contributed by atoms with Crippen molar-refractivity contribution in [1.82, 2.24) is 15.4 Å². The number of aliphatic imine (C=N–C) groups is 1. The highest BCUT2D eigenvalue weighted by Gasteiger charge is 2.11. The van der Waals surface area contributed by atoms with E-state index < -0.39 is 10.0 Å². The van der Waals surface area contributed by atoms with Crippen LogP contribution < -0.4 is 15.4 Å². The second kappa shape index (κ2) is 10.8. The van der Waals surface area contributed by atoms with Gasteiger partial charge >= 0.3 is 0 Å². The van der Waals surface area contributed by atoms with E-state index in [9.17, 15) is 8.42 Å². The quantitative estimate of drug-likeness (QED) is 0.334. The number of halogens is 1. The second-order valence-electron chi connectivity index (χ2n) is 5.32. The first-order valence-electron chi connectivity index (χ1n) is 7.43. The summed E-state index contributed by atoms with van der Waals surface area (Å²) in [7, 11) is -2.02. The van der Waals surface area contributed by atoms with Gasteiger partial charge in [-0.1, -0.05) is 26.0 Å². The van der Waals surface area contributed by atoms with Crippen molar-refractivity contribution in [2.24, 2.45) is 10.9 Å². The minimum atomic E-state index is -3.42. The first-order valence-corrected chi connectivity index (χ1v) is 8.92. The maximum Gasteiger partial charge on any atom is 0.240 e. The lowest BCUT2D eigenvalue weighted by atomic mass is 10.2. The van der Waals surface area contributed by atoms with Crippen LogP contribution in [0.3, 0.4) is 0 Å². The molecule has 1 aromatic rings. The molecule has 0 aliphatic heterocycles. The smallest absolute Gasteiger partial charge is 0.240 e. The Morgan fingerprint density at radius 1 is 1.26 bits per heavy atom. The maximum atomic E-state index is 11.8. The molecule has 0 unspecified atom stereocenters. The highest BCUT2D eigenvalue weighted by molar-refractivity contribution is 14.0. The Balaban J connectivity index is 0.00000484. The molecule has 0 aliphatic carbocycles. The van der Waals surface area contributed by atoms with Gasteiger partial charge in [0.2, 0.25) is 10.0 Å².